The van der Waals surface area contributed by atoms with Crippen molar-refractivity contribution in [2.75, 3.05) is 36.4 Å². The largest absolute Gasteiger partial charge is 0.360 e. The van der Waals surface area contributed by atoms with Crippen molar-refractivity contribution in [3.05, 3.63) is 54.1 Å². The second-order valence-corrected chi connectivity index (χ2v) is 8.59. The predicted octanol–water partition coefficient (Wildman–Crippen LogP) is 3.01. The summed E-state index contributed by atoms with van der Waals surface area (Å²) in [7, 11) is 0. The van der Waals surface area contributed by atoms with Gasteiger partial charge in [-0.2, -0.15) is 0 Å². The molecule has 2 amide bonds. The van der Waals surface area contributed by atoms with E-state index >= 15 is 0 Å². The molecule has 7 nitrogen and oxygen atoms in total. The van der Waals surface area contributed by atoms with Crippen molar-refractivity contribution < 1.29 is 18.7 Å². The summed E-state index contributed by atoms with van der Waals surface area (Å²) in [5.41, 5.74) is 1.45. The third kappa shape index (κ3) is 4.81. The number of likely N-dealkylation sites (tertiary alicyclic amines) is 1. The molecule has 3 heterocycles. The van der Waals surface area contributed by atoms with Crippen LogP contribution >= 0.6 is 0 Å². The van der Waals surface area contributed by atoms with E-state index in [9.17, 15) is 14.0 Å². The fraction of sp³-hybridized carbons (Fsp3) is 0.458. The molecule has 1 atom stereocenters. The number of nitrogens with one attached hydrogen (secondary N) is 1. The van der Waals surface area contributed by atoms with E-state index in [2.05, 4.69) is 15.2 Å². The van der Waals surface area contributed by atoms with Gasteiger partial charge in [0.15, 0.2) is 0 Å². The maximum absolute atomic E-state index is 14.4. The molecule has 2 aromatic rings. The number of ether oxygens (including phenoxy) is 1. The summed E-state index contributed by atoms with van der Waals surface area (Å²) in [6.45, 7) is 6.03. The topological polar surface area (TPSA) is 74.8 Å². The predicted molar refractivity (Wildman–Crippen MR) is 120 cm³/mol. The highest BCUT2D eigenvalue weighted by Crippen LogP contribution is 2.35. The molecule has 170 valence electrons. The number of benzene rings is 1. The first-order chi connectivity index (χ1) is 15.4. The number of morpholine rings is 1. The molecule has 0 bridgehead atoms. The molecule has 1 unspecified atom stereocenters. The fourth-order valence-corrected chi connectivity index (χ4v) is 4.59. The summed E-state index contributed by atoms with van der Waals surface area (Å²) in [6, 6.07) is 10.1. The number of para-hydroxylation sites is 1. The van der Waals surface area contributed by atoms with Crippen molar-refractivity contribution in [3.63, 3.8) is 0 Å². The zero-order chi connectivity index (χ0) is 22.7. The van der Waals surface area contributed by atoms with Gasteiger partial charge in [-0.25, -0.2) is 4.39 Å². The zero-order valence-corrected chi connectivity index (χ0v) is 18.5. The molecule has 2 saturated heterocycles. The van der Waals surface area contributed by atoms with Crippen LogP contribution in [0.4, 0.5) is 15.8 Å². The number of rotatable bonds is 5. The Balaban J connectivity index is 1.39. The number of amides is 2. The van der Waals surface area contributed by atoms with Crippen LogP contribution < -0.4 is 10.2 Å². The van der Waals surface area contributed by atoms with E-state index in [1.54, 1.807) is 36.2 Å². The van der Waals surface area contributed by atoms with E-state index in [1.807, 2.05) is 12.1 Å². The van der Waals surface area contributed by atoms with Crippen molar-refractivity contribution in [2.24, 2.45) is 0 Å². The van der Waals surface area contributed by atoms with Gasteiger partial charge in [0.25, 0.3) is 5.91 Å². The Hall–Kier alpha value is -2.84. The highest BCUT2D eigenvalue weighted by molar-refractivity contribution is 5.97. The standard InChI is InChI=1S/C24H29FN4O3/c1-17-23(31)29(22-8-4-3-6-19(22)25)16-24(32-17)10-14-28(15-11-24)13-9-20-21(27-18(2)30)7-5-12-26-20/h3-8,12,17H,9-11,13-16H2,1-2H3,(H,27,30). The number of carbonyl (C=O) groups is 2. The Bertz CT molecular complexity index is 991. The van der Waals surface area contributed by atoms with Gasteiger partial charge in [0, 0.05) is 39.2 Å². The SMILES string of the molecule is CC(=O)Nc1cccnc1CCN1CCC2(CC1)CN(c1ccccc1F)C(=O)C(C)O2. The average molecular weight is 441 g/mol. The van der Waals surface area contributed by atoms with Crippen molar-refractivity contribution in [3.8, 4) is 0 Å². The maximum atomic E-state index is 14.4. The molecule has 4 rings (SSSR count). The molecule has 0 radical (unpaired) electrons. The monoisotopic (exact) mass is 440 g/mol. The molecule has 1 aromatic carbocycles. The number of halogens is 1. The second-order valence-electron chi connectivity index (χ2n) is 8.59. The highest BCUT2D eigenvalue weighted by Gasteiger charge is 2.46. The summed E-state index contributed by atoms with van der Waals surface area (Å²) in [5, 5.41) is 2.83. The number of carbonyl (C=O) groups excluding carboxylic acids is 2. The van der Waals surface area contributed by atoms with E-state index in [4.69, 9.17) is 4.74 Å². The normalized spacial score (nSPS) is 21.0. The van der Waals surface area contributed by atoms with Crippen molar-refractivity contribution >= 4 is 23.2 Å². The van der Waals surface area contributed by atoms with Gasteiger partial charge in [-0.1, -0.05) is 12.1 Å². The molecule has 2 fully saturated rings. The van der Waals surface area contributed by atoms with Crippen LogP contribution in [-0.2, 0) is 20.7 Å². The summed E-state index contributed by atoms with van der Waals surface area (Å²) in [5.74, 6) is -0.714. The van der Waals surface area contributed by atoms with Crippen LogP contribution in [0, 0.1) is 5.82 Å². The Morgan fingerprint density at radius 1 is 1.25 bits per heavy atom. The molecule has 0 aliphatic carbocycles. The lowest BCUT2D eigenvalue weighted by Gasteiger charge is -2.49. The van der Waals surface area contributed by atoms with E-state index in [0.29, 0.717) is 12.2 Å². The van der Waals surface area contributed by atoms with Crippen LogP contribution in [0.1, 0.15) is 32.4 Å². The smallest absolute Gasteiger partial charge is 0.256 e. The number of pyridine rings is 1. The lowest BCUT2D eigenvalue weighted by Crippen LogP contribution is -2.61. The Morgan fingerprint density at radius 2 is 2.00 bits per heavy atom. The fourth-order valence-electron chi connectivity index (χ4n) is 4.59. The molecule has 8 heteroatoms. The number of aromatic nitrogens is 1. The molecule has 2 aliphatic rings. The van der Waals surface area contributed by atoms with Gasteiger partial charge in [0.1, 0.15) is 11.9 Å². The first-order valence-electron chi connectivity index (χ1n) is 11.0. The summed E-state index contributed by atoms with van der Waals surface area (Å²) >= 11 is 0. The van der Waals surface area contributed by atoms with Crippen LogP contribution in [0.2, 0.25) is 0 Å². The third-order valence-corrected chi connectivity index (χ3v) is 6.26. The zero-order valence-electron chi connectivity index (χ0n) is 18.5. The van der Waals surface area contributed by atoms with E-state index in [0.717, 1.165) is 50.3 Å². The molecule has 2 aliphatic heterocycles. The number of piperidine rings is 1. The maximum Gasteiger partial charge on any atom is 0.256 e. The van der Waals surface area contributed by atoms with Gasteiger partial charge in [-0.15, -0.1) is 0 Å². The van der Waals surface area contributed by atoms with Crippen LogP contribution in [0.25, 0.3) is 0 Å². The van der Waals surface area contributed by atoms with E-state index < -0.39 is 17.5 Å². The third-order valence-electron chi connectivity index (χ3n) is 6.26. The number of nitrogens with zero attached hydrogens (tertiary/aromatic N) is 3. The van der Waals surface area contributed by atoms with Crippen LogP contribution in [-0.4, -0.2) is 59.6 Å². The van der Waals surface area contributed by atoms with E-state index in [-0.39, 0.29) is 11.8 Å². The summed E-state index contributed by atoms with van der Waals surface area (Å²) in [4.78, 5) is 32.5. The quantitative estimate of drug-likeness (QED) is 0.774. The number of anilines is 2. The minimum absolute atomic E-state index is 0.114. The minimum atomic E-state index is -0.608. The van der Waals surface area contributed by atoms with Crippen molar-refractivity contribution in [1.29, 1.82) is 0 Å². The molecule has 1 aromatic heterocycles. The molecular weight excluding hydrogens is 411 g/mol. The Morgan fingerprint density at radius 3 is 2.72 bits per heavy atom. The highest BCUT2D eigenvalue weighted by atomic mass is 19.1. The average Bonchev–Trinajstić information content (AvgIpc) is 2.77. The van der Waals surface area contributed by atoms with Crippen molar-refractivity contribution in [2.45, 2.75) is 44.8 Å². The van der Waals surface area contributed by atoms with Gasteiger partial charge in [-0.05, 0) is 44.0 Å². The van der Waals surface area contributed by atoms with Crippen LogP contribution in [0.3, 0.4) is 0 Å². The van der Waals surface area contributed by atoms with Gasteiger partial charge in [0.05, 0.1) is 29.2 Å². The summed E-state index contributed by atoms with van der Waals surface area (Å²) in [6.07, 6.45) is 3.37. The number of hydrogen-bond donors (Lipinski definition) is 1. The van der Waals surface area contributed by atoms with Gasteiger partial charge >= 0.3 is 0 Å². The molecular formula is C24H29FN4O3. The van der Waals surface area contributed by atoms with Crippen LogP contribution in [0.5, 0.6) is 0 Å². The Kier molecular flexibility index (Phi) is 6.53. The lowest BCUT2D eigenvalue weighted by molar-refractivity contribution is -0.161. The van der Waals surface area contributed by atoms with Crippen LogP contribution in [0.15, 0.2) is 42.6 Å². The second kappa shape index (κ2) is 9.34. The molecule has 1 N–H and O–H groups in total. The Labute approximate surface area is 187 Å². The lowest BCUT2D eigenvalue weighted by atomic mass is 9.88. The molecule has 1 spiro atoms. The first kappa shape index (κ1) is 22.4. The van der Waals surface area contributed by atoms with Gasteiger partial charge in [-0.3, -0.25) is 14.6 Å². The minimum Gasteiger partial charge on any atom is -0.360 e. The van der Waals surface area contributed by atoms with Crippen molar-refractivity contribution in [1.82, 2.24) is 9.88 Å². The number of hydrogen-bond acceptors (Lipinski definition) is 5. The molecule has 0 saturated carbocycles. The van der Waals surface area contributed by atoms with Gasteiger partial charge < -0.3 is 19.9 Å². The van der Waals surface area contributed by atoms with E-state index in [1.165, 1.54) is 13.0 Å². The summed E-state index contributed by atoms with van der Waals surface area (Å²) < 4.78 is 20.6. The van der Waals surface area contributed by atoms with Gasteiger partial charge in [0.2, 0.25) is 5.91 Å². The first-order valence-corrected chi connectivity index (χ1v) is 11.0. The molecule has 32 heavy (non-hydrogen) atoms.